The first-order valence-electron chi connectivity index (χ1n) is 19.7. The summed E-state index contributed by atoms with van der Waals surface area (Å²) in [4.78, 5) is 22.6. The molecule has 0 aliphatic heterocycles. The highest BCUT2D eigenvalue weighted by molar-refractivity contribution is 7.47. The number of unbranched alkanes of at least 4 members (excludes halogenated alkanes) is 23. The molecule has 0 bridgehead atoms. The molecule has 6 N–H and O–H groups in total. The van der Waals surface area contributed by atoms with Gasteiger partial charge in [-0.1, -0.05) is 174 Å². The van der Waals surface area contributed by atoms with Gasteiger partial charge in [0.2, 0.25) is 5.91 Å². The summed E-state index contributed by atoms with van der Waals surface area (Å²) in [5, 5.41) is 24.0. The van der Waals surface area contributed by atoms with Gasteiger partial charge < -0.3 is 26.2 Å². The molecule has 0 fully saturated rings. The maximum Gasteiger partial charge on any atom is 0.472 e. The van der Waals surface area contributed by atoms with Crippen LogP contribution in [0.5, 0.6) is 0 Å². The fraction of sp³-hybridized carbons (Fsp3) is 0.973. The molecule has 282 valence electrons. The minimum absolute atomic E-state index is 0.0623. The number of amides is 1. The van der Waals surface area contributed by atoms with Crippen molar-refractivity contribution in [2.24, 2.45) is 5.73 Å². The van der Waals surface area contributed by atoms with Crippen molar-refractivity contribution in [1.82, 2.24) is 5.32 Å². The number of aliphatic hydroxyl groups excluding tert-OH is 2. The van der Waals surface area contributed by atoms with Crippen molar-refractivity contribution < 1.29 is 33.5 Å². The maximum atomic E-state index is 12.7. The second kappa shape index (κ2) is 33.9. The van der Waals surface area contributed by atoms with Crippen LogP contribution in [0, 0.1) is 0 Å². The minimum Gasteiger partial charge on any atom is -0.393 e. The molecule has 10 heteroatoms. The Balaban J connectivity index is 4.30. The van der Waals surface area contributed by atoms with Crippen LogP contribution < -0.4 is 11.1 Å². The number of hydrogen-bond donors (Lipinski definition) is 5. The molecule has 0 saturated carbocycles. The third-order valence-electron chi connectivity index (χ3n) is 9.02. The minimum atomic E-state index is -4.36. The average Bonchev–Trinajstić information content (AvgIpc) is 3.04. The highest BCUT2D eigenvalue weighted by Gasteiger charge is 2.28. The lowest BCUT2D eigenvalue weighted by molar-refractivity contribution is -0.125. The third-order valence-corrected chi connectivity index (χ3v) is 10.00. The van der Waals surface area contributed by atoms with E-state index in [0.717, 1.165) is 38.5 Å². The van der Waals surface area contributed by atoms with Crippen LogP contribution in [-0.4, -0.2) is 59.0 Å². The molecule has 0 aromatic heterocycles. The summed E-state index contributed by atoms with van der Waals surface area (Å²) in [5.41, 5.74) is 5.35. The van der Waals surface area contributed by atoms with Crippen LogP contribution in [-0.2, 0) is 18.4 Å². The molecule has 0 aromatic carbocycles. The van der Waals surface area contributed by atoms with Crippen molar-refractivity contribution in [2.45, 2.75) is 212 Å². The summed E-state index contributed by atoms with van der Waals surface area (Å²) >= 11 is 0. The first-order valence-corrected chi connectivity index (χ1v) is 21.2. The van der Waals surface area contributed by atoms with Gasteiger partial charge in [0.25, 0.3) is 0 Å². The van der Waals surface area contributed by atoms with Gasteiger partial charge in [-0.05, 0) is 12.8 Å². The summed E-state index contributed by atoms with van der Waals surface area (Å²) in [6, 6.07) is -0.888. The zero-order valence-corrected chi connectivity index (χ0v) is 31.5. The Labute approximate surface area is 289 Å². The van der Waals surface area contributed by atoms with Crippen LogP contribution in [0.3, 0.4) is 0 Å². The second-order valence-corrected chi connectivity index (χ2v) is 15.1. The van der Waals surface area contributed by atoms with Crippen LogP contribution in [0.2, 0.25) is 0 Å². The van der Waals surface area contributed by atoms with Gasteiger partial charge in [0, 0.05) is 6.54 Å². The number of rotatable bonds is 37. The van der Waals surface area contributed by atoms with Gasteiger partial charge in [-0.3, -0.25) is 13.8 Å². The number of carbonyl (C=O) groups is 1. The molecule has 1 amide bonds. The molecule has 0 aliphatic rings. The predicted octanol–water partition coefficient (Wildman–Crippen LogP) is 9.25. The van der Waals surface area contributed by atoms with Crippen molar-refractivity contribution in [3.8, 4) is 0 Å². The number of carbonyl (C=O) groups excluding carboxylic acids is 1. The monoisotopic (exact) mass is 693 g/mol. The molecule has 0 spiro atoms. The van der Waals surface area contributed by atoms with E-state index in [4.69, 9.17) is 14.8 Å². The lowest BCUT2D eigenvalue weighted by atomic mass is 10.0. The van der Waals surface area contributed by atoms with Gasteiger partial charge >= 0.3 is 7.82 Å². The fourth-order valence-corrected chi connectivity index (χ4v) is 6.76. The van der Waals surface area contributed by atoms with E-state index in [1.807, 2.05) is 0 Å². The lowest BCUT2D eigenvalue weighted by Crippen LogP contribution is -2.47. The van der Waals surface area contributed by atoms with Crippen molar-refractivity contribution in [3.63, 3.8) is 0 Å². The molecule has 0 aliphatic carbocycles. The molecule has 0 rings (SSSR count). The summed E-state index contributed by atoms with van der Waals surface area (Å²) in [6.45, 7) is 4.03. The van der Waals surface area contributed by atoms with Gasteiger partial charge in [0.05, 0.1) is 37.9 Å². The largest absolute Gasteiger partial charge is 0.472 e. The van der Waals surface area contributed by atoms with Gasteiger partial charge in [-0.2, -0.15) is 0 Å². The quantitative estimate of drug-likeness (QED) is 0.0319. The number of phosphoric acid groups is 1. The molecular weight excluding hydrogens is 615 g/mol. The zero-order valence-electron chi connectivity index (χ0n) is 30.7. The van der Waals surface area contributed by atoms with Gasteiger partial charge in [-0.25, -0.2) is 4.57 Å². The van der Waals surface area contributed by atoms with E-state index in [1.54, 1.807) is 0 Å². The van der Waals surface area contributed by atoms with E-state index in [9.17, 15) is 24.5 Å². The summed E-state index contributed by atoms with van der Waals surface area (Å²) < 4.78 is 22.0. The van der Waals surface area contributed by atoms with E-state index in [0.29, 0.717) is 12.8 Å². The van der Waals surface area contributed by atoms with E-state index in [-0.39, 0.29) is 26.2 Å². The van der Waals surface area contributed by atoms with Crippen LogP contribution >= 0.6 is 7.82 Å². The molecule has 0 radical (unpaired) electrons. The Morgan fingerprint density at radius 3 is 1.43 bits per heavy atom. The number of nitrogens with one attached hydrogen (secondary N) is 1. The molecule has 9 nitrogen and oxygen atoms in total. The van der Waals surface area contributed by atoms with Gasteiger partial charge in [-0.15, -0.1) is 0 Å². The summed E-state index contributed by atoms with van der Waals surface area (Å²) in [7, 11) is -4.36. The van der Waals surface area contributed by atoms with Crippen molar-refractivity contribution >= 4 is 13.7 Å². The molecule has 0 saturated heterocycles. The van der Waals surface area contributed by atoms with E-state index >= 15 is 0 Å². The van der Waals surface area contributed by atoms with Crippen molar-refractivity contribution in [1.29, 1.82) is 0 Å². The van der Waals surface area contributed by atoms with Crippen LogP contribution in [0.1, 0.15) is 194 Å². The molecule has 4 unspecified atom stereocenters. The van der Waals surface area contributed by atoms with Crippen LogP contribution in [0.25, 0.3) is 0 Å². The van der Waals surface area contributed by atoms with Crippen LogP contribution in [0.15, 0.2) is 0 Å². The molecule has 4 atom stereocenters. The van der Waals surface area contributed by atoms with Crippen LogP contribution in [0.4, 0.5) is 0 Å². The summed E-state index contributed by atoms with van der Waals surface area (Å²) in [6.07, 6.45) is 30.0. The number of phosphoric ester groups is 1. The fourth-order valence-electron chi connectivity index (χ4n) is 6.00. The first kappa shape index (κ1) is 46.5. The number of aliphatic hydroxyl groups is 2. The Morgan fingerprint density at radius 1 is 0.638 bits per heavy atom. The predicted molar refractivity (Wildman–Crippen MR) is 195 cm³/mol. The van der Waals surface area contributed by atoms with Crippen molar-refractivity contribution in [2.75, 3.05) is 19.8 Å². The van der Waals surface area contributed by atoms with Gasteiger partial charge in [0.1, 0.15) is 0 Å². The smallest absolute Gasteiger partial charge is 0.393 e. The second-order valence-electron chi connectivity index (χ2n) is 13.7. The lowest BCUT2D eigenvalue weighted by Gasteiger charge is -2.25. The third kappa shape index (κ3) is 32.4. The van der Waals surface area contributed by atoms with E-state index < -0.39 is 32.0 Å². The maximum absolute atomic E-state index is 12.7. The Hall–Kier alpha value is -0.540. The highest BCUT2D eigenvalue weighted by atomic mass is 31.2. The molecular formula is C37H77N2O7P. The summed E-state index contributed by atoms with van der Waals surface area (Å²) in [5.74, 6) is -0.413. The SMILES string of the molecule is CCCCCCCCCCCCCCCCCCC(O)C(COP(=O)(O)OCCN)NC(=O)CC(O)CCCCCCCCCCC. The van der Waals surface area contributed by atoms with E-state index in [1.165, 1.54) is 122 Å². The topological polar surface area (TPSA) is 151 Å². The Morgan fingerprint density at radius 2 is 1.02 bits per heavy atom. The number of hydrogen-bond acceptors (Lipinski definition) is 7. The molecule has 47 heavy (non-hydrogen) atoms. The normalized spacial score (nSPS) is 14.9. The van der Waals surface area contributed by atoms with E-state index in [2.05, 4.69) is 19.2 Å². The standard InChI is InChI=1S/C37H77N2O7P/c1-3-5-7-9-11-13-14-15-16-17-18-19-21-23-25-27-29-36(41)35(33-46-47(43,44)45-31-30-38)39-37(42)32-34(40)28-26-24-22-20-12-10-8-6-4-2/h34-36,40-41H,3-33,38H2,1-2H3,(H,39,42)(H,43,44). The highest BCUT2D eigenvalue weighted by Crippen LogP contribution is 2.43. The first-order chi connectivity index (χ1) is 22.8. The molecule has 0 aromatic rings. The van der Waals surface area contributed by atoms with Crippen molar-refractivity contribution in [3.05, 3.63) is 0 Å². The Bertz CT molecular complexity index is 731. The Kier molecular flexibility index (Phi) is 33.5. The van der Waals surface area contributed by atoms with Gasteiger partial charge in [0.15, 0.2) is 0 Å². The molecule has 0 heterocycles. The number of nitrogens with two attached hydrogens (primary N) is 1. The average molecular weight is 693 g/mol. The zero-order chi connectivity index (χ0) is 34.9.